The quantitative estimate of drug-likeness (QED) is 0.328. The average molecular weight is 336 g/mol. The highest BCUT2D eigenvalue weighted by molar-refractivity contribution is 5.79. The largest absolute Gasteiger partial charge is 0.490 e. The number of aliphatic imine (C=N–C) groups is 1. The van der Waals surface area contributed by atoms with E-state index in [-0.39, 0.29) is 0 Å². The van der Waals surface area contributed by atoms with Crippen molar-refractivity contribution in [2.45, 2.75) is 52.1 Å². The molecule has 0 saturated heterocycles. The van der Waals surface area contributed by atoms with E-state index in [1.54, 1.807) is 12.4 Å². The van der Waals surface area contributed by atoms with Crippen molar-refractivity contribution in [2.75, 3.05) is 26.2 Å². The predicted octanol–water partition coefficient (Wildman–Crippen LogP) is 2.35. The number of rotatable bonds is 11. The van der Waals surface area contributed by atoms with Gasteiger partial charge in [0.1, 0.15) is 12.4 Å². The van der Waals surface area contributed by atoms with Gasteiger partial charge < -0.3 is 20.5 Å². The molecule has 1 aromatic rings. The minimum Gasteiger partial charge on any atom is -0.490 e. The van der Waals surface area contributed by atoms with Gasteiger partial charge in [-0.05, 0) is 31.9 Å². The molecule has 0 aliphatic carbocycles. The molecule has 1 rings (SSSR count). The first-order chi connectivity index (χ1) is 11.6. The smallest absolute Gasteiger partial charge is 0.191 e. The third-order valence-corrected chi connectivity index (χ3v) is 3.60. The van der Waals surface area contributed by atoms with Crippen LogP contribution in [0, 0.1) is 0 Å². The molecule has 6 heteroatoms. The van der Waals surface area contributed by atoms with Crippen LogP contribution in [0.15, 0.2) is 29.5 Å². The fourth-order valence-corrected chi connectivity index (χ4v) is 2.55. The van der Waals surface area contributed by atoms with Crippen molar-refractivity contribution >= 4 is 5.96 Å². The van der Waals surface area contributed by atoms with Gasteiger partial charge in [0.25, 0.3) is 0 Å². The standard InChI is InChI=1S/C18H32N4O2/c1-4-9-18(23,10-5-2)15-22-17(20-6-3)21-12-13-24-16-8-7-11-19-14-16/h7-8,11,14,23H,4-6,9-10,12-13,15H2,1-3H3,(H2,20,21,22). The molecule has 0 aliphatic heterocycles. The number of aliphatic hydroxyl groups is 1. The molecule has 0 amide bonds. The van der Waals surface area contributed by atoms with Gasteiger partial charge in [-0.15, -0.1) is 0 Å². The Labute approximate surface area is 145 Å². The van der Waals surface area contributed by atoms with Crippen LogP contribution in [0.3, 0.4) is 0 Å². The summed E-state index contributed by atoms with van der Waals surface area (Å²) in [6.45, 7) is 8.52. The lowest BCUT2D eigenvalue weighted by molar-refractivity contribution is 0.0306. The van der Waals surface area contributed by atoms with Crippen LogP contribution in [-0.4, -0.2) is 47.9 Å². The van der Waals surface area contributed by atoms with Gasteiger partial charge in [0.2, 0.25) is 0 Å². The molecular weight excluding hydrogens is 304 g/mol. The topological polar surface area (TPSA) is 78.8 Å². The molecule has 1 aromatic heterocycles. The van der Waals surface area contributed by atoms with Crippen LogP contribution in [0.25, 0.3) is 0 Å². The Morgan fingerprint density at radius 1 is 1.25 bits per heavy atom. The Morgan fingerprint density at radius 3 is 2.58 bits per heavy atom. The molecule has 3 N–H and O–H groups in total. The number of nitrogens with one attached hydrogen (secondary N) is 2. The molecule has 0 spiro atoms. The van der Waals surface area contributed by atoms with Crippen molar-refractivity contribution in [3.8, 4) is 5.75 Å². The van der Waals surface area contributed by atoms with Gasteiger partial charge in [-0.1, -0.05) is 26.7 Å². The lowest BCUT2D eigenvalue weighted by Crippen LogP contribution is -2.41. The monoisotopic (exact) mass is 336 g/mol. The highest BCUT2D eigenvalue weighted by atomic mass is 16.5. The third kappa shape index (κ3) is 8.15. The summed E-state index contributed by atoms with van der Waals surface area (Å²) in [6, 6.07) is 3.72. The zero-order valence-corrected chi connectivity index (χ0v) is 15.2. The van der Waals surface area contributed by atoms with Crippen LogP contribution in [0.4, 0.5) is 0 Å². The maximum absolute atomic E-state index is 10.7. The summed E-state index contributed by atoms with van der Waals surface area (Å²) in [6.07, 6.45) is 6.86. The van der Waals surface area contributed by atoms with E-state index in [0.717, 1.165) is 38.0 Å². The number of ether oxygens (including phenoxy) is 1. The van der Waals surface area contributed by atoms with E-state index in [1.807, 2.05) is 19.1 Å². The summed E-state index contributed by atoms with van der Waals surface area (Å²) in [4.78, 5) is 8.55. The predicted molar refractivity (Wildman–Crippen MR) is 98.5 cm³/mol. The number of pyridine rings is 1. The Balaban J connectivity index is 2.46. The van der Waals surface area contributed by atoms with E-state index in [4.69, 9.17) is 4.74 Å². The highest BCUT2D eigenvalue weighted by Crippen LogP contribution is 2.19. The molecule has 1 heterocycles. The number of aromatic nitrogens is 1. The Hall–Kier alpha value is -1.82. The van der Waals surface area contributed by atoms with Crippen LogP contribution in [0.5, 0.6) is 5.75 Å². The minimum atomic E-state index is -0.710. The summed E-state index contributed by atoms with van der Waals surface area (Å²) in [5.41, 5.74) is -0.710. The highest BCUT2D eigenvalue weighted by Gasteiger charge is 2.24. The second-order valence-corrected chi connectivity index (χ2v) is 5.88. The Kier molecular flexibility index (Phi) is 9.84. The van der Waals surface area contributed by atoms with E-state index < -0.39 is 5.60 Å². The maximum atomic E-state index is 10.7. The van der Waals surface area contributed by atoms with Crippen molar-refractivity contribution in [1.82, 2.24) is 15.6 Å². The lowest BCUT2D eigenvalue weighted by atomic mass is 9.93. The molecule has 0 atom stereocenters. The lowest BCUT2D eigenvalue weighted by Gasteiger charge is -2.26. The second kappa shape index (κ2) is 11.7. The second-order valence-electron chi connectivity index (χ2n) is 5.88. The molecule has 136 valence electrons. The first kappa shape index (κ1) is 20.2. The Morgan fingerprint density at radius 2 is 2.00 bits per heavy atom. The number of guanidine groups is 1. The molecule has 0 radical (unpaired) electrons. The first-order valence-corrected chi connectivity index (χ1v) is 8.91. The van der Waals surface area contributed by atoms with Crippen molar-refractivity contribution < 1.29 is 9.84 Å². The van der Waals surface area contributed by atoms with E-state index in [9.17, 15) is 5.11 Å². The summed E-state index contributed by atoms with van der Waals surface area (Å²) in [5.74, 6) is 1.46. The zero-order valence-electron chi connectivity index (χ0n) is 15.2. The van der Waals surface area contributed by atoms with Gasteiger partial charge in [-0.25, -0.2) is 0 Å². The molecule has 6 nitrogen and oxygen atoms in total. The van der Waals surface area contributed by atoms with Crippen molar-refractivity contribution in [2.24, 2.45) is 4.99 Å². The molecule has 0 saturated carbocycles. The van der Waals surface area contributed by atoms with E-state index in [1.165, 1.54) is 0 Å². The average Bonchev–Trinajstić information content (AvgIpc) is 2.58. The minimum absolute atomic E-state index is 0.410. The summed E-state index contributed by atoms with van der Waals surface area (Å²) in [5, 5.41) is 17.1. The van der Waals surface area contributed by atoms with Gasteiger partial charge in [-0.3, -0.25) is 9.98 Å². The third-order valence-electron chi connectivity index (χ3n) is 3.60. The van der Waals surface area contributed by atoms with Crippen LogP contribution in [0.1, 0.15) is 46.5 Å². The van der Waals surface area contributed by atoms with Crippen LogP contribution in [0.2, 0.25) is 0 Å². The van der Waals surface area contributed by atoms with Gasteiger partial charge >= 0.3 is 0 Å². The van der Waals surface area contributed by atoms with Crippen LogP contribution in [-0.2, 0) is 0 Å². The van der Waals surface area contributed by atoms with E-state index in [0.29, 0.717) is 25.7 Å². The number of hydrogen-bond donors (Lipinski definition) is 3. The fraction of sp³-hybridized carbons (Fsp3) is 0.667. The molecule has 0 unspecified atom stereocenters. The van der Waals surface area contributed by atoms with Crippen molar-refractivity contribution in [3.05, 3.63) is 24.5 Å². The number of hydrogen-bond acceptors (Lipinski definition) is 4. The summed E-state index contributed by atoms with van der Waals surface area (Å²) < 4.78 is 5.60. The number of nitrogens with zero attached hydrogens (tertiary/aromatic N) is 2. The fourth-order valence-electron chi connectivity index (χ4n) is 2.55. The molecule has 0 aromatic carbocycles. The van der Waals surface area contributed by atoms with Gasteiger partial charge in [0, 0.05) is 12.7 Å². The van der Waals surface area contributed by atoms with Crippen molar-refractivity contribution in [3.63, 3.8) is 0 Å². The maximum Gasteiger partial charge on any atom is 0.191 e. The van der Waals surface area contributed by atoms with Crippen molar-refractivity contribution in [1.29, 1.82) is 0 Å². The SMILES string of the molecule is CCCC(O)(CCC)CN=C(NCC)NCCOc1cccnc1. The van der Waals surface area contributed by atoms with Crippen LogP contribution < -0.4 is 15.4 Å². The van der Waals surface area contributed by atoms with Gasteiger partial charge in [0.15, 0.2) is 5.96 Å². The van der Waals surface area contributed by atoms with Crippen LogP contribution >= 0.6 is 0 Å². The molecular formula is C18H32N4O2. The zero-order chi connectivity index (χ0) is 17.7. The summed E-state index contributed by atoms with van der Waals surface area (Å²) in [7, 11) is 0. The Bertz CT molecular complexity index is 459. The molecule has 24 heavy (non-hydrogen) atoms. The molecule has 0 aliphatic rings. The molecule has 0 bridgehead atoms. The van der Waals surface area contributed by atoms with E-state index in [2.05, 4.69) is 34.5 Å². The normalized spacial score (nSPS) is 12.1. The first-order valence-electron chi connectivity index (χ1n) is 8.91. The van der Waals surface area contributed by atoms with E-state index >= 15 is 0 Å². The van der Waals surface area contributed by atoms with Gasteiger partial charge in [0.05, 0.1) is 24.9 Å². The molecule has 0 fully saturated rings. The summed E-state index contributed by atoms with van der Waals surface area (Å²) >= 11 is 0. The van der Waals surface area contributed by atoms with Gasteiger partial charge in [-0.2, -0.15) is 0 Å².